The maximum atomic E-state index is 12.6. The number of carbonyl (C=O) groups is 1. The quantitative estimate of drug-likeness (QED) is 0.899. The van der Waals surface area contributed by atoms with Crippen LogP contribution in [0.4, 0.5) is 0 Å². The van der Waals surface area contributed by atoms with Crippen molar-refractivity contribution >= 4 is 5.91 Å². The first-order chi connectivity index (χ1) is 10.2. The second kappa shape index (κ2) is 5.93. The fourth-order valence-electron chi connectivity index (χ4n) is 3.03. The molecular formula is C16H22N2O3. The summed E-state index contributed by atoms with van der Waals surface area (Å²) in [6.45, 7) is 4.68. The smallest absolute Gasteiger partial charge is 0.254 e. The molecule has 2 atom stereocenters. The van der Waals surface area contributed by atoms with Crippen molar-refractivity contribution in [1.29, 1.82) is 0 Å². The molecule has 3 rings (SSSR count). The molecule has 1 amide bonds. The summed E-state index contributed by atoms with van der Waals surface area (Å²) in [5, 5.41) is 0. The number of ether oxygens (including phenoxy) is 2. The standard InChI is InChI=1S/C16H22N2O3/c1-2-11-10-18(6-5-13(11)17)16(19)12-3-4-14-15(9-12)21-8-7-20-14/h3-4,9,11,13H,2,5-8,10,17H2,1H3. The zero-order valence-electron chi connectivity index (χ0n) is 12.4. The Kier molecular flexibility index (Phi) is 4.01. The van der Waals surface area contributed by atoms with Crippen molar-refractivity contribution in [3.63, 3.8) is 0 Å². The zero-order chi connectivity index (χ0) is 14.8. The minimum Gasteiger partial charge on any atom is -0.486 e. The molecule has 21 heavy (non-hydrogen) atoms. The maximum absolute atomic E-state index is 12.6. The van der Waals surface area contributed by atoms with Gasteiger partial charge in [-0.15, -0.1) is 0 Å². The second-order valence-electron chi connectivity index (χ2n) is 5.73. The third kappa shape index (κ3) is 2.83. The molecule has 0 spiro atoms. The topological polar surface area (TPSA) is 64.8 Å². The number of fused-ring (bicyclic) bond motifs is 1. The van der Waals surface area contributed by atoms with Crippen LogP contribution in [0.15, 0.2) is 18.2 Å². The lowest BCUT2D eigenvalue weighted by Crippen LogP contribution is -2.49. The number of piperidine rings is 1. The number of benzene rings is 1. The van der Waals surface area contributed by atoms with Crippen molar-refractivity contribution in [3.8, 4) is 11.5 Å². The summed E-state index contributed by atoms with van der Waals surface area (Å²) < 4.78 is 11.0. The lowest BCUT2D eigenvalue weighted by atomic mass is 9.90. The van der Waals surface area contributed by atoms with Gasteiger partial charge >= 0.3 is 0 Å². The van der Waals surface area contributed by atoms with Gasteiger partial charge in [0.15, 0.2) is 11.5 Å². The largest absolute Gasteiger partial charge is 0.486 e. The molecule has 1 fully saturated rings. The number of amides is 1. The van der Waals surface area contributed by atoms with Crippen molar-refractivity contribution < 1.29 is 14.3 Å². The van der Waals surface area contributed by atoms with E-state index >= 15 is 0 Å². The highest BCUT2D eigenvalue weighted by Crippen LogP contribution is 2.31. The van der Waals surface area contributed by atoms with Gasteiger partial charge in [0.25, 0.3) is 5.91 Å². The molecule has 0 bridgehead atoms. The molecule has 2 heterocycles. The molecule has 2 N–H and O–H groups in total. The Morgan fingerprint density at radius 2 is 2.10 bits per heavy atom. The summed E-state index contributed by atoms with van der Waals surface area (Å²) in [5.74, 6) is 1.81. The van der Waals surface area contributed by atoms with Gasteiger partial charge in [-0.2, -0.15) is 0 Å². The predicted octanol–water partition coefficient (Wildman–Crippen LogP) is 1.66. The van der Waals surface area contributed by atoms with Gasteiger partial charge in [0.1, 0.15) is 13.2 Å². The Balaban J connectivity index is 1.76. The van der Waals surface area contributed by atoms with Crippen LogP contribution >= 0.6 is 0 Å². The highest BCUT2D eigenvalue weighted by molar-refractivity contribution is 5.95. The third-order valence-corrected chi connectivity index (χ3v) is 4.39. The van der Waals surface area contributed by atoms with Crippen LogP contribution in [0.5, 0.6) is 11.5 Å². The number of nitrogens with zero attached hydrogens (tertiary/aromatic N) is 1. The van der Waals surface area contributed by atoms with E-state index in [4.69, 9.17) is 15.2 Å². The number of hydrogen-bond donors (Lipinski definition) is 1. The highest BCUT2D eigenvalue weighted by atomic mass is 16.6. The van der Waals surface area contributed by atoms with E-state index in [2.05, 4.69) is 6.92 Å². The number of hydrogen-bond acceptors (Lipinski definition) is 4. The first-order valence-corrected chi connectivity index (χ1v) is 7.63. The molecule has 5 heteroatoms. The molecule has 114 valence electrons. The Morgan fingerprint density at radius 3 is 2.86 bits per heavy atom. The van der Waals surface area contributed by atoms with Gasteiger partial charge in [0.2, 0.25) is 0 Å². The molecule has 0 aromatic heterocycles. The lowest BCUT2D eigenvalue weighted by molar-refractivity contribution is 0.0648. The van der Waals surface area contributed by atoms with Crippen molar-refractivity contribution in [2.45, 2.75) is 25.8 Å². The number of rotatable bonds is 2. The minimum atomic E-state index is 0.0531. The lowest BCUT2D eigenvalue weighted by Gasteiger charge is -2.36. The minimum absolute atomic E-state index is 0.0531. The van der Waals surface area contributed by atoms with E-state index in [0.29, 0.717) is 36.2 Å². The van der Waals surface area contributed by atoms with E-state index in [9.17, 15) is 4.79 Å². The Hall–Kier alpha value is -1.75. The van der Waals surface area contributed by atoms with Crippen molar-refractivity contribution in [2.24, 2.45) is 11.7 Å². The number of likely N-dealkylation sites (tertiary alicyclic amines) is 1. The average molecular weight is 290 g/mol. The van der Waals surface area contributed by atoms with Crippen LogP contribution in [0.2, 0.25) is 0 Å². The number of nitrogens with two attached hydrogens (primary N) is 1. The first-order valence-electron chi connectivity index (χ1n) is 7.63. The van der Waals surface area contributed by atoms with Crippen LogP contribution in [-0.4, -0.2) is 43.2 Å². The molecule has 0 aliphatic carbocycles. The predicted molar refractivity (Wildman–Crippen MR) is 79.7 cm³/mol. The fraction of sp³-hybridized carbons (Fsp3) is 0.562. The van der Waals surface area contributed by atoms with Gasteiger partial charge in [0, 0.05) is 24.7 Å². The molecule has 0 radical (unpaired) electrons. The Labute approximate surface area is 125 Å². The summed E-state index contributed by atoms with van der Waals surface area (Å²) >= 11 is 0. The zero-order valence-corrected chi connectivity index (χ0v) is 12.4. The summed E-state index contributed by atoms with van der Waals surface area (Å²) in [6.07, 6.45) is 1.88. The van der Waals surface area contributed by atoms with Gasteiger partial charge in [-0.1, -0.05) is 13.3 Å². The van der Waals surface area contributed by atoms with Gasteiger partial charge in [-0.25, -0.2) is 0 Å². The van der Waals surface area contributed by atoms with E-state index in [1.807, 2.05) is 17.0 Å². The second-order valence-corrected chi connectivity index (χ2v) is 5.73. The SMILES string of the molecule is CCC1CN(C(=O)c2ccc3c(c2)OCCO3)CCC1N. The van der Waals surface area contributed by atoms with E-state index in [1.54, 1.807) is 6.07 Å². The van der Waals surface area contributed by atoms with Crippen LogP contribution in [0, 0.1) is 5.92 Å². The molecule has 1 aromatic carbocycles. The highest BCUT2D eigenvalue weighted by Gasteiger charge is 2.29. The number of carbonyl (C=O) groups excluding carboxylic acids is 1. The van der Waals surface area contributed by atoms with E-state index in [-0.39, 0.29) is 11.9 Å². The third-order valence-electron chi connectivity index (χ3n) is 4.39. The van der Waals surface area contributed by atoms with Crippen LogP contribution in [0.25, 0.3) is 0 Å². The summed E-state index contributed by atoms with van der Waals surface area (Å²) in [4.78, 5) is 14.5. The molecule has 5 nitrogen and oxygen atoms in total. The fourth-order valence-corrected chi connectivity index (χ4v) is 3.03. The Bertz CT molecular complexity index is 532. The molecule has 0 saturated carbocycles. The van der Waals surface area contributed by atoms with Gasteiger partial charge in [-0.05, 0) is 30.5 Å². The van der Waals surface area contributed by atoms with Crippen LogP contribution < -0.4 is 15.2 Å². The van der Waals surface area contributed by atoms with E-state index in [0.717, 1.165) is 25.9 Å². The van der Waals surface area contributed by atoms with Crippen LogP contribution in [-0.2, 0) is 0 Å². The summed E-state index contributed by atoms with van der Waals surface area (Å²) in [6, 6.07) is 5.62. The van der Waals surface area contributed by atoms with Gasteiger partial charge in [-0.3, -0.25) is 4.79 Å². The molecule has 1 aromatic rings. The van der Waals surface area contributed by atoms with Gasteiger partial charge in [0.05, 0.1) is 0 Å². The molecule has 2 aliphatic heterocycles. The van der Waals surface area contributed by atoms with Crippen LogP contribution in [0.3, 0.4) is 0 Å². The first kappa shape index (κ1) is 14.2. The molecule has 1 saturated heterocycles. The van der Waals surface area contributed by atoms with Crippen LogP contribution in [0.1, 0.15) is 30.1 Å². The normalized spacial score (nSPS) is 24.8. The Morgan fingerprint density at radius 1 is 1.33 bits per heavy atom. The van der Waals surface area contributed by atoms with Crippen molar-refractivity contribution in [3.05, 3.63) is 23.8 Å². The summed E-state index contributed by atoms with van der Waals surface area (Å²) in [5.41, 5.74) is 6.76. The van der Waals surface area contributed by atoms with Crippen molar-refractivity contribution in [2.75, 3.05) is 26.3 Å². The van der Waals surface area contributed by atoms with Crippen molar-refractivity contribution in [1.82, 2.24) is 4.90 Å². The molecule has 2 aliphatic rings. The maximum Gasteiger partial charge on any atom is 0.254 e. The summed E-state index contributed by atoms with van der Waals surface area (Å²) in [7, 11) is 0. The van der Waals surface area contributed by atoms with E-state index in [1.165, 1.54) is 0 Å². The van der Waals surface area contributed by atoms with Gasteiger partial charge < -0.3 is 20.1 Å². The monoisotopic (exact) mass is 290 g/mol. The van der Waals surface area contributed by atoms with E-state index < -0.39 is 0 Å². The molecule has 2 unspecified atom stereocenters. The molecular weight excluding hydrogens is 268 g/mol. The average Bonchev–Trinajstić information content (AvgIpc) is 2.54.